The van der Waals surface area contributed by atoms with Crippen LogP contribution in [0.5, 0.6) is 17.2 Å². The van der Waals surface area contributed by atoms with Crippen molar-refractivity contribution in [3.8, 4) is 17.2 Å². The fourth-order valence-corrected chi connectivity index (χ4v) is 4.68. The lowest BCUT2D eigenvalue weighted by atomic mass is 10.0. The second kappa shape index (κ2) is 10.7. The maximum atomic E-state index is 13.0. The number of likely N-dealkylation sites (tertiary alicyclic amines) is 1. The smallest absolute Gasteiger partial charge is 0.257 e. The Morgan fingerprint density at radius 2 is 1.81 bits per heavy atom. The first-order chi connectivity index (χ1) is 17.6. The average Bonchev–Trinajstić information content (AvgIpc) is 3.54. The van der Waals surface area contributed by atoms with E-state index in [1.807, 2.05) is 19.1 Å². The second-order valence-electron chi connectivity index (χ2n) is 8.75. The number of anilines is 2. The summed E-state index contributed by atoms with van der Waals surface area (Å²) >= 11 is 0. The monoisotopic (exact) mass is 487 g/mol. The van der Waals surface area contributed by atoms with Gasteiger partial charge in [-0.25, -0.2) is 0 Å². The molecule has 3 aromatic rings. The summed E-state index contributed by atoms with van der Waals surface area (Å²) in [5, 5.41) is 5.81. The standard InChI is InChI=1S/C28H29N3O5/c1-2-34-21-12-9-19(10-13-21)24-8-5-15-31(24)17-27(32)30-23-7-4-3-6-22(23)28(33)29-20-11-14-25-26(16-20)36-18-35-25/h3-4,6-7,9-14,16,24H,2,5,8,15,17-18H2,1H3,(H,29,33)(H,30,32). The van der Waals surface area contributed by atoms with Crippen LogP contribution in [0.25, 0.3) is 0 Å². The van der Waals surface area contributed by atoms with Gasteiger partial charge in [0.05, 0.1) is 24.4 Å². The molecule has 1 unspecified atom stereocenters. The summed E-state index contributed by atoms with van der Waals surface area (Å²) in [6.07, 6.45) is 2.02. The van der Waals surface area contributed by atoms with Crippen LogP contribution in [-0.2, 0) is 4.79 Å². The van der Waals surface area contributed by atoms with Gasteiger partial charge in [0.15, 0.2) is 11.5 Å². The molecule has 8 heteroatoms. The molecule has 1 atom stereocenters. The number of fused-ring (bicyclic) bond motifs is 1. The molecule has 2 amide bonds. The Morgan fingerprint density at radius 1 is 1.00 bits per heavy atom. The van der Waals surface area contributed by atoms with E-state index in [0.29, 0.717) is 35.0 Å². The van der Waals surface area contributed by atoms with E-state index in [0.717, 1.165) is 25.1 Å². The van der Waals surface area contributed by atoms with Crippen molar-refractivity contribution in [3.63, 3.8) is 0 Å². The average molecular weight is 488 g/mol. The van der Waals surface area contributed by atoms with Crippen molar-refractivity contribution >= 4 is 23.2 Å². The van der Waals surface area contributed by atoms with Crippen LogP contribution in [0.3, 0.4) is 0 Å². The molecule has 0 bridgehead atoms. The molecule has 36 heavy (non-hydrogen) atoms. The highest BCUT2D eigenvalue weighted by molar-refractivity contribution is 6.10. The molecule has 2 aliphatic rings. The minimum Gasteiger partial charge on any atom is -0.494 e. The van der Waals surface area contributed by atoms with Gasteiger partial charge in [-0.2, -0.15) is 0 Å². The summed E-state index contributed by atoms with van der Waals surface area (Å²) in [4.78, 5) is 28.2. The lowest BCUT2D eigenvalue weighted by molar-refractivity contribution is -0.117. The van der Waals surface area contributed by atoms with Crippen molar-refractivity contribution in [2.45, 2.75) is 25.8 Å². The normalized spacial score (nSPS) is 16.5. The van der Waals surface area contributed by atoms with E-state index in [2.05, 4.69) is 27.7 Å². The third kappa shape index (κ3) is 5.28. The maximum Gasteiger partial charge on any atom is 0.257 e. The van der Waals surface area contributed by atoms with Gasteiger partial charge < -0.3 is 24.8 Å². The Hall–Kier alpha value is -4.04. The summed E-state index contributed by atoms with van der Waals surface area (Å²) in [5.74, 6) is 1.60. The molecule has 186 valence electrons. The van der Waals surface area contributed by atoms with Crippen LogP contribution in [0.1, 0.15) is 41.7 Å². The molecule has 2 aliphatic heterocycles. The largest absolute Gasteiger partial charge is 0.494 e. The Kier molecular flexibility index (Phi) is 7.04. The zero-order chi connectivity index (χ0) is 24.9. The first-order valence-electron chi connectivity index (χ1n) is 12.2. The fraction of sp³-hybridized carbons (Fsp3) is 0.286. The van der Waals surface area contributed by atoms with Gasteiger partial charge in [-0.3, -0.25) is 14.5 Å². The number of hydrogen-bond donors (Lipinski definition) is 2. The number of nitrogens with zero attached hydrogens (tertiary/aromatic N) is 1. The van der Waals surface area contributed by atoms with E-state index in [-0.39, 0.29) is 31.2 Å². The molecule has 1 saturated heterocycles. The van der Waals surface area contributed by atoms with Gasteiger partial charge >= 0.3 is 0 Å². The number of nitrogens with one attached hydrogen (secondary N) is 2. The van der Waals surface area contributed by atoms with Crippen molar-refractivity contribution in [1.29, 1.82) is 0 Å². The van der Waals surface area contributed by atoms with Crippen molar-refractivity contribution in [2.24, 2.45) is 0 Å². The van der Waals surface area contributed by atoms with E-state index in [4.69, 9.17) is 14.2 Å². The second-order valence-corrected chi connectivity index (χ2v) is 8.75. The summed E-state index contributed by atoms with van der Waals surface area (Å²) < 4.78 is 16.2. The molecule has 0 spiro atoms. The lowest BCUT2D eigenvalue weighted by Crippen LogP contribution is -2.33. The molecule has 8 nitrogen and oxygen atoms in total. The number of rotatable bonds is 8. The summed E-state index contributed by atoms with van der Waals surface area (Å²) in [6.45, 7) is 3.85. The molecule has 0 saturated carbocycles. The SMILES string of the molecule is CCOc1ccc(C2CCCN2CC(=O)Nc2ccccc2C(=O)Nc2ccc3c(c2)OCO3)cc1. The highest BCUT2D eigenvalue weighted by Crippen LogP contribution is 2.35. The van der Waals surface area contributed by atoms with Crippen LogP contribution < -0.4 is 24.8 Å². The third-order valence-electron chi connectivity index (χ3n) is 6.36. The Balaban J connectivity index is 1.23. The number of benzene rings is 3. The Morgan fingerprint density at radius 3 is 2.64 bits per heavy atom. The van der Waals surface area contributed by atoms with E-state index in [1.165, 1.54) is 5.56 Å². The predicted octanol–water partition coefficient (Wildman–Crippen LogP) is 4.84. The first-order valence-corrected chi connectivity index (χ1v) is 12.2. The summed E-state index contributed by atoms with van der Waals surface area (Å²) in [5.41, 5.74) is 2.61. The minimum atomic E-state index is -0.321. The topological polar surface area (TPSA) is 89.1 Å². The van der Waals surface area contributed by atoms with Gasteiger partial charge in [-0.15, -0.1) is 0 Å². The van der Waals surface area contributed by atoms with Crippen LogP contribution >= 0.6 is 0 Å². The van der Waals surface area contributed by atoms with Crippen molar-refractivity contribution in [2.75, 3.05) is 37.1 Å². The van der Waals surface area contributed by atoms with Gasteiger partial charge in [-0.05, 0) is 68.3 Å². The molecular formula is C28H29N3O5. The number of carbonyl (C=O) groups is 2. The molecule has 2 N–H and O–H groups in total. The van der Waals surface area contributed by atoms with Gasteiger partial charge in [0, 0.05) is 17.8 Å². The van der Waals surface area contributed by atoms with Crippen LogP contribution in [-0.4, -0.2) is 43.2 Å². The van der Waals surface area contributed by atoms with Crippen LogP contribution in [0.4, 0.5) is 11.4 Å². The van der Waals surface area contributed by atoms with Crippen LogP contribution in [0, 0.1) is 0 Å². The minimum absolute atomic E-state index is 0.156. The first kappa shape index (κ1) is 23.7. The summed E-state index contributed by atoms with van der Waals surface area (Å²) in [6, 6.07) is 20.5. The fourth-order valence-electron chi connectivity index (χ4n) is 4.68. The quantitative estimate of drug-likeness (QED) is 0.473. The number of amides is 2. The van der Waals surface area contributed by atoms with Gasteiger partial charge in [0.1, 0.15) is 5.75 Å². The van der Waals surface area contributed by atoms with Gasteiger partial charge in [-0.1, -0.05) is 24.3 Å². The van der Waals surface area contributed by atoms with Crippen LogP contribution in [0.15, 0.2) is 66.7 Å². The van der Waals surface area contributed by atoms with Crippen LogP contribution in [0.2, 0.25) is 0 Å². The molecule has 0 aromatic heterocycles. The Bertz CT molecular complexity index is 1240. The zero-order valence-corrected chi connectivity index (χ0v) is 20.2. The molecule has 3 aromatic carbocycles. The van der Waals surface area contributed by atoms with E-state index in [1.54, 1.807) is 42.5 Å². The molecule has 5 rings (SSSR count). The molecule has 0 aliphatic carbocycles. The van der Waals surface area contributed by atoms with E-state index < -0.39 is 0 Å². The van der Waals surface area contributed by atoms with Gasteiger partial charge in [0.2, 0.25) is 12.7 Å². The highest BCUT2D eigenvalue weighted by atomic mass is 16.7. The molecule has 1 fully saturated rings. The van der Waals surface area contributed by atoms with E-state index >= 15 is 0 Å². The number of ether oxygens (including phenoxy) is 3. The molecule has 2 heterocycles. The van der Waals surface area contributed by atoms with E-state index in [9.17, 15) is 9.59 Å². The van der Waals surface area contributed by atoms with Crippen molar-refractivity contribution < 1.29 is 23.8 Å². The Labute approximate surface area is 210 Å². The zero-order valence-electron chi connectivity index (χ0n) is 20.2. The van der Waals surface area contributed by atoms with Crippen molar-refractivity contribution in [3.05, 3.63) is 77.9 Å². The number of hydrogen-bond acceptors (Lipinski definition) is 6. The lowest BCUT2D eigenvalue weighted by Gasteiger charge is -2.24. The predicted molar refractivity (Wildman–Crippen MR) is 137 cm³/mol. The van der Waals surface area contributed by atoms with Crippen molar-refractivity contribution in [1.82, 2.24) is 4.90 Å². The number of para-hydroxylation sites is 1. The molecular weight excluding hydrogens is 458 g/mol. The highest BCUT2D eigenvalue weighted by Gasteiger charge is 2.28. The third-order valence-corrected chi connectivity index (χ3v) is 6.36. The maximum absolute atomic E-state index is 13.0. The van der Waals surface area contributed by atoms with Gasteiger partial charge in [0.25, 0.3) is 5.91 Å². The molecule has 0 radical (unpaired) electrons. The summed E-state index contributed by atoms with van der Waals surface area (Å²) in [7, 11) is 0. The number of carbonyl (C=O) groups excluding carboxylic acids is 2.